The molecule has 1 aromatic rings. The molecule has 1 amide bonds. The van der Waals surface area contributed by atoms with Gasteiger partial charge in [-0.05, 0) is 12.5 Å². The van der Waals surface area contributed by atoms with Crippen molar-refractivity contribution in [3.05, 3.63) is 18.0 Å². The Labute approximate surface area is 112 Å². The van der Waals surface area contributed by atoms with Crippen LogP contribution in [0.5, 0.6) is 0 Å². The molecule has 1 aliphatic heterocycles. The monoisotopic (exact) mass is 267 g/mol. The summed E-state index contributed by atoms with van der Waals surface area (Å²) in [4.78, 5) is 14.2. The standard InChI is InChI=1S/C13H21N3O3/c1-2-3-15-7-10(14)6-12(15)13(18)16-4-5-19-11(8-16)9-17/h6-7,11,17H,2-5,8-9,14H2,1H3. The zero-order chi connectivity index (χ0) is 13.8. The topological polar surface area (TPSA) is 80.7 Å². The fraction of sp³-hybridized carbons (Fsp3) is 0.615. The molecule has 0 radical (unpaired) electrons. The van der Waals surface area contributed by atoms with Crippen LogP contribution in [-0.4, -0.2) is 52.9 Å². The van der Waals surface area contributed by atoms with Gasteiger partial charge in [0.25, 0.3) is 5.91 Å². The summed E-state index contributed by atoms with van der Waals surface area (Å²) < 4.78 is 7.24. The van der Waals surface area contributed by atoms with Crippen molar-refractivity contribution in [2.45, 2.75) is 26.0 Å². The van der Waals surface area contributed by atoms with Crippen LogP contribution in [0, 0.1) is 0 Å². The minimum atomic E-state index is -0.287. The van der Waals surface area contributed by atoms with E-state index in [-0.39, 0.29) is 18.6 Å². The second-order valence-electron chi connectivity index (χ2n) is 4.78. The van der Waals surface area contributed by atoms with Gasteiger partial charge in [-0.15, -0.1) is 0 Å². The van der Waals surface area contributed by atoms with Crippen LogP contribution in [0.4, 0.5) is 5.69 Å². The molecular formula is C13H21N3O3. The number of aliphatic hydroxyl groups excluding tert-OH is 1. The highest BCUT2D eigenvalue weighted by Crippen LogP contribution is 2.16. The summed E-state index contributed by atoms with van der Waals surface area (Å²) in [5.41, 5.74) is 6.98. The molecule has 1 aliphatic rings. The number of rotatable bonds is 4. The molecule has 3 N–H and O–H groups in total. The number of aliphatic hydroxyl groups is 1. The van der Waals surface area contributed by atoms with Gasteiger partial charge in [-0.2, -0.15) is 0 Å². The number of nitrogen functional groups attached to an aromatic ring is 1. The van der Waals surface area contributed by atoms with Gasteiger partial charge in [0.05, 0.1) is 25.0 Å². The Morgan fingerprint density at radius 1 is 1.63 bits per heavy atom. The Morgan fingerprint density at radius 2 is 2.42 bits per heavy atom. The van der Waals surface area contributed by atoms with Gasteiger partial charge in [-0.3, -0.25) is 4.79 Å². The molecule has 1 unspecified atom stereocenters. The van der Waals surface area contributed by atoms with Gasteiger partial charge in [0.1, 0.15) is 5.69 Å². The molecular weight excluding hydrogens is 246 g/mol. The lowest BCUT2D eigenvalue weighted by molar-refractivity contribution is -0.0449. The van der Waals surface area contributed by atoms with Crippen LogP contribution in [0.3, 0.4) is 0 Å². The Morgan fingerprint density at radius 3 is 3.11 bits per heavy atom. The third-order valence-electron chi connectivity index (χ3n) is 3.23. The molecule has 1 aromatic heterocycles. The van der Waals surface area contributed by atoms with E-state index >= 15 is 0 Å². The number of nitrogens with two attached hydrogens (primary N) is 1. The van der Waals surface area contributed by atoms with E-state index in [2.05, 4.69) is 6.92 Å². The summed E-state index contributed by atoms with van der Waals surface area (Å²) in [6.45, 7) is 4.19. The highest BCUT2D eigenvalue weighted by atomic mass is 16.5. The quantitative estimate of drug-likeness (QED) is 0.823. The molecule has 6 nitrogen and oxygen atoms in total. The maximum Gasteiger partial charge on any atom is 0.270 e. The summed E-state index contributed by atoms with van der Waals surface area (Å²) in [7, 11) is 0. The molecule has 6 heteroatoms. The van der Waals surface area contributed by atoms with Crippen LogP contribution in [0.15, 0.2) is 12.3 Å². The average Bonchev–Trinajstić information content (AvgIpc) is 2.79. The van der Waals surface area contributed by atoms with E-state index in [0.717, 1.165) is 13.0 Å². The maximum absolute atomic E-state index is 12.5. The number of aromatic nitrogens is 1. The maximum atomic E-state index is 12.5. The first kappa shape index (κ1) is 13.9. The Hall–Kier alpha value is -1.53. The summed E-state index contributed by atoms with van der Waals surface area (Å²) in [5.74, 6) is -0.0492. The minimum absolute atomic E-state index is 0.0492. The number of hydrogen-bond acceptors (Lipinski definition) is 4. The van der Waals surface area contributed by atoms with Crippen LogP contribution in [0.25, 0.3) is 0 Å². The van der Waals surface area contributed by atoms with Crippen LogP contribution >= 0.6 is 0 Å². The van der Waals surface area contributed by atoms with Crippen molar-refractivity contribution in [2.24, 2.45) is 0 Å². The van der Waals surface area contributed by atoms with Crippen LogP contribution in [0.2, 0.25) is 0 Å². The van der Waals surface area contributed by atoms with Crippen molar-refractivity contribution in [1.82, 2.24) is 9.47 Å². The zero-order valence-corrected chi connectivity index (χ0v) is 11.2. The second-order valence-corrected chi connectivity index (χ2v) is 4.78. The first-order valence-electron chi connectivity index (χ1n) is 6.63. The smallest absolute Gasteiger partial charge is 0.270 e. The largest absolute Gasteiger partial charge is 0.397 e. The van der Waals surface area contributed by atoms with E-state index in [1.165, 1.54) is 0 Å². The van der Waals surface area contributed by atoms with Crippen molar-refractivity contribution in [3.8, 4) is 0 Å². The second kappa shape index (κ2) is 6.08. The number of amides is 1. The number of hydrogen-bond donors (Lipinski definition) is 2. The Balaban J connectivity index is 2.14. The molecule has 1 saturated heterocycles. The van der Waals surface area contributed by atoms with E-state index < -0.39 is 0 Å². The lowest BCUT2D eigenvalue weighted by atomic mass is 10.2. The predicted molar refractivity (Wildman–Crippen MR) is 71.9 cm³/mol. The van der Waals surface area contributed by atoms with Crippen molar-refractivity contribution in [2.75, 3.05) is 32.0 Å². The Bertz CT molecular complexity index is 444. The summed E-state index contributed by atoms with van der Waals surface area (Å²) >= 11 is 0. The van der Waals surface area contributed by atoms with Gasteiger partial charge in [0, 0.05) is 25.8 Å². The number of nitrogens with zero attached hydrogens (tertiary/aromatic N) is 2. The van der Waals surface area contributed by atoms with Gasteiger partial charge < -0.3 is 25.0 Å². The normalized spacial score (nSPS) is 19.7. The summed E-state index contributed by atoms with van der Waals surface area (Å²) in [5, 5.41) is 9.12. The van der Waals surface area contributed by atoms with Crippen molar-refractivity contribution < 1.29 is 14.6 Å². The molecule has 0 saturated carbocycles. The van der Waals surface area contributed by atoms with E-state index in [1.807, 2.05) is 4.57 Å². The number of anilines is 1. The molecule has 0 aromatic carbocycles. The Kier molecular flexibility index (Phi) is 4.44. The van der Waals surface area contributed by atoms with Crippen molar-refractivity contribution in [3.63, 3.8) is 0 Å². The van der Waals surface area contributed by atoms with E-state index in [1.54, 1.807) is 17.2 Å². The molecule has 19 heavy (non-hydrogen) atoms. The van der Waals surface area contributed by atoms with Crippen molar-refractivity contribution in [1.29, 1.82) is 0 Å². The van der Waals surface area contributed by atoms with Gasteiger partial charge in [0.15, 0.2) is 0 Å². The summed E-state index contributed by atoms with van der Waals surface area (Å²) in [6, 6.07) is 1.71. The number of ether oxygens (including phenoxy) is 1. The highest BCUT2D eigenvalue weighted by Gasteiger charge is 2.26. The first-order chi connectivity index (χ1) is 9.15. The third-order valence-corrected chi connectivity index (χ3v) is 3.23. The fourth-order valence-electron chi connectivity index (χ4n) is 2.31. The number of carbonyl (C=O) groups is 1. The molecule has 2 heterocycles. The number of morpholine rings is 1. The minimum Gasteiger partial charge on any atom is -0.397 e. The third kappa shape index (κ3) is 3.08. The fourth-order valence-corrected chi connectivity index (χ4v) is 2.31. The molecule has 1 atom stereocenters. The van der Waals surface area contributed by atoms with Crippen molar-refractivity contribution >= 4 is 11.6 Å². The average molecular weight is 267 g/mol. The molecule has 0 bridgehead atoms. The molecule has 0 spiro atoms. The lowest BCUT2D eigenvalue weighted by Gasteiger charge is -2.32. The number of aryl methyl sites for hydroxylation is 1. The zero-order valence-electron chi connectivity index (χ0n) is 11.2. The van der Waals surface area contributed by atoms with Crippen LogP contribution < -0.4 is 5.73 Å². The lowest BCUT2D eigenvalue weighted by Crippen LogP contribution is -2.47. The molecule has 106 valence electrons. The van der Waals surface area contributed by atoms with Gasteiger partial charge in [0.2, 0.25) is 0 Å². The molecule has 2 rings (SSSR count). The van der Waals surface area contributed by atoms with Crippen LogP contribution in [0.1, 0.15) is 23.8 Å². The van der Waals surface area contributed by atoms with Gasteiger partial charge in [-0.25, -0.2) is 0 Å². The van der Waals surface area contributed by atoms with E-state index in [0.29, 0.717) is 31.1 Å². The molecule has 1 fully saturated rings. The van der Waals surface area contributed by atoms with Crippen LogP contribution in [-0.2, 0) is 11.3 Å². The van der Waals surface area contributed by atoms with E-state index in [4.69, 9.17) is 15.6 Å². The highest BCUT2D eigenvalue weighted by molar-refractivity contribution is 5.94. The predicted octanol–water partition coefficient (Wildman–Crippen LogP) is 0.314. The van der Waals surface area contributed by atoms with E-state index in [9.17, 15) is 4.79 Å². The van der Waals surface area contributed by atoms with Gasteiger partial charge in [-0.1, -0.05) is 6.92 Å². The SMILES string of the molecule is CCCn1cc(N)cc1C(=O)N1CCOC(CO)C1. The summed E-state index contributed by atoms with van der Waals surface area (Å²) in [6.07, 6.45) is 2.45. The van der Waals surface area contributed by atoms with Gasteiger partial charge >= 0.3 is 0 Å². The molecule has 0 aliphatic carbocycles. The number of carbonyl (C=O) groups excluding carboxylic acids is 1. The first-order valence-corrected chi connectivity index (χ1v) is 6.63.